The van der Waals surface area contributed by atoms with Gasteiger partial charge in [0.1, 0.15) is 12.4 Å². The molecule has 4 aromatic rings. The molecule has 0 aliphatic rings. The maximum atomic E-state index is 5.86. The van der Waals surface area contributed by atoms with E-state index in [1.165, 1.54) is 11.6 Å². The van der Waals surface area contributed by atoms with Gasteiger partial charge >= 0.3 is 0 Å². The van der Waals surface area contributed by atoms with Crippen molar-refractivity contribution in [1.82, 2.24) is 30.0 Å². The van der Waals surface area contributed by atoms with Crippen molar-refractivity contribution >= 4 is 5.65 Å². The van der Waals surface area contributed by atoms with Crippen LogP contribution in [-0.2, 0) is 18.0 Å². The van der Waals surface area contributed by atoms with Crippen LogP contribution in [0.5, 0.6) is 11.6 Å². The summed E-state index contributed by atoms with van der Waals surface area (Å²) in [7, 11) is 3.16. The van der Waals surface area contributed by atoms with Crippen LogP contribution in [0.25, 0.3) is 17.2 Å². The molecule has 28 heavy (non-hydrogen) atoms. The molecule has 0 saturated carbocycles. The Morgan fingerprint density at radius 3 is 2.61 bits per heavy atom. The molecular formula is C18H18N6O4. The maximum Gasteiger partial charge on any atom is 0.275 e. The lowest BCUT2D eigenvalue weighted by atomic mass is 10.3. The van der Waals surface area contributed by atoms with Crippen LogP contribution < -0.4 is 9.47 Å². The standard InChI is InChI=1S/C18H18N6O4/c1-11-7-14(23-28-11)17-21-20-16-8-15(26-3)18(22-24(16)17)27-10-13-6-4-5-12(19-13)9-25-2/h4-8H,9-10H2,1-3H3. The first-order valence-corrected chi connectivity index (χ1v) is 8.48. The van der Waals surface area contributed by atoms with Gasteiger partial charge < -0.3 is 18.7 Å². The average Bonchev–Trinajstić information content (AvgIpc) is 3.31. The van der Waals surface area contributed by atoms with Crippen molar-refractivity contribution < 1.29 is 18.7 Å². The predicted octanol–water partition coefficient (Wildman–Crippen LogP) is 2.22. The van der Waals surface area contributed by atoms with Crippen molar-refractivity contribution in [3.05, 3.63) is 47.5 Å². The molecule has 0 unspecified atom stereocenters. The summed E-state index contributed by atoms with van der Waals surface area (Å²) in [4.78, 5) is 4.48. The van der Waals surface area contributed by atoms with E-state index < -0.39 is 0 Å². The molecule has 0 aliphatic carbocycles. The molecule has 0 bridgehead atoms. The van der Waals surface area contributed by atoms with Crippen molar-refractivity contribution in [2.75, 3.05) is 14.2 Å². The van der Waals surface area contributed by atoms with Gasteiger partial charge in [0.2, 0.25) is 5.82 Å². The van der Waals surface area contributed by atoms with Crippen LogP contribution in [0.4, 0.5) is 0 Å². The molecule has 4 rings (SSSR count). The van der Waals surface area contributed by atoms with Gasteiger partial charge in [0.05, 0.1) is 25.1 Å². The van der Waals surface area contributed by atoms with Gasteiger partial charge in [-0.05, 0) is 19.1 Å². The highest BCUT2D eigenvalue weighted by Gasteiger charge is 2.17. The summed E-state index contributed by atoms with van der Waals surface area (Å²) < 4.78 is 23.0. The third kappa shape index (κ3) is 3.49. The van der Waals surface area contributed by atoms with Crippen LogP contribution in [0.1, 0.15) is 17.1 Å². The number of fused-ring (bicyclic) bond motifs is 1. The summed E-state index contributed by atoms with van der Waals surface area (Å²) in [6.45, 7) is 2.45. The summed E-state index contributed by atoms with van der Waals surface area (Å²) in [6.07, 6.45) is 0. The molecule has 0 saturated heterocycles. The minimum Gasteiger partial charge on any atom is -0.491 e. The van der Waals surface area contributed by atoms with Crippen molar-refractivity contribution in [2.45, 2.75) is 20.1 Å². The van der Waals surface area contributed by atoms with Gasteiger partial charge in [0.15, 0.2) is 17.1 Å². The Morgan fingerprint density at radius 2 is 1.89 bits per heavy atom. The Bertz CT molecular complexity index is 1110. The monoisotopic (exact) mass is 382 g/mol. The third-order valence-electron chi connectivity index (χ3n) is 3.92. The molecule has 10 heteroatoms. The predicted molar refractivity (Wildman–Crippen MR) is 96.9 cm³/mol. The largest absolute Gasteiger partial charge is 0.491 e. The van der Waals surface area contributed by atoms with Crippen LogP contribution in [0.2, 0.25) is 0 Å². The van der Waals surface area contributed by atoms with Crippen LogP contribution in [0.15, 0.2) is 34.9 Å². The van der Waals surface area contributed by atoms with E-state index in [4.69, 9.17) is 18.7 Å². The van der Waals surface area contributed by atoms with E-state index in [2.05, 4.69) is 25.4 Å². The lowest BCUT2D eigenvalue weighted by Gasteiger charge is -2.10. The second-order valence-corrected chi connectivity index (χ2v) is 5.98. The van der Waals surface area contributed by atoms with Crippen molar-refractivity contribution in [3.8, 4) is 23.1 Å². The molecule has 0 amide bonds. The van der Waals surface area contributed by atoms with Gasteiger partial charge in [-0.3, -0.25) is 4.98 Å². The van der Waals surface area contributed by atoms with Crippen LogP contribution in [-0.4, -0.2) is 44.2 Å². The summed E-state index contributed by atoms with van der Waals surface area (Å²) in [5, 5.41) is 16.7. The van der Waals surface area contributed by atoms with Crippen LogP contribution in [0.3, 0.4) is 0 Å². The molecule has 0 radical (unpaired) electrons. The number of nitrogens with zero attached hydrogens (tertiary/aromatic N) is 6. The van der Waals surface area contributed by atoms with E-state index in [1.54, 1.807) is 26.2 Å². The fourth-order valence-electron chi connectivity index (χ4n) is 2.66. The first kappa shape index (κ1) is 17.9. The minimum absolute atomic E-state index is 0.215. The zero-order valence-corrected chi connectivity index (χ0v) is 15.6. The summed E-state index contributed by atoms with van der Waals surface area (Å²) in [5.74, 6) is 1.84. The van der Waals surface area contributed by atoms with Crippen LogP contribution >= 0.6 is 0 Å². The minimum atomic E-state index is 0.215. The number of rotatable bonds is 7. The summed E-state index contributed by atoms with van der Waals surface area (Å²) in [5.41, 5.74) is 2.60. The molecule has 0 aromatic carbocycles. The van der Waals surface area contributed by atoms with Crippen molar-refractivity contribution in [3.63, 3.8) is 0 Å². The number of aromatic nitrogens is 6. The molecule has 0 N–H and O–H groups in total. The quantitative estimate of drug-likeness (QED) is 0.475. The van der Waals surface area contributed by atoms with Gasteiger partial charge in [-0.25, -0.2) is 0 Å². The number of aryl methyl sites for hydroxylation is 1. The smallest absolute Gasteiger partial charge is 0.275 e. The first-order chi connectivity index (χ1) is 13.7. The highest BCUT2D eigenvalue weighted by atomic mass is 16.5. The Kier molecular flexibility index (Phi) is 4.85. The molecule has 144 valence electrons. The molecular weight excluding hydrogens is 364 g/mol. The lowest BCUT2D eigenvalue weighted by Crippen LogP contribution is -2.06. The normalized spacial score (nSPS) is 11.1. The van der Waals surface area contributed by atoms with Gasteiger partial charge in [0.25, 0.3) is 5.88 Å². The average molecular weight is 382 g/mol. The van der Waals surface area contributed by atoms with Gasteiger partial charge in [-0.1, -0.05) is 11.2 Å². The Balaban J connectivity index is 1.65. The van der Waals surface area contributed by atoms with Gasteiger partial charge in [0, 0.05) is 19.2 Å². The number of pyridine rings is 1. The highest BCUT2D eigenvalue weighted by Crippen LogP contribution is 2.28. The molecule has 4 aromatic heterocycles. The number of methoxy groups -OCH3 is 2. The Labute approximate surface area is 160 Å². The molecule has 0 aliphatic heterocycles. The second kappa shape index (κ2) is 7.61. The third-order valence-corrected chi connectivity index (χ3v) is 3.92. The second-order valence-electron chi connectivity index (χ2n) is 5.98. The molecule has 0 atom stereocenters. The zero-order valence-electron chi connectivity index (χ0n) is 15.6. The molecule has 10 nitrogen and oxygen atoms in total. The summed E-state index contributed by atoms with van der Waals surface area (Å²) in [6, 6.07) is 9.11. The van der Waals surface area contributed by atoms with E-state index in [1.807, 2.05) is 18.2 Å². The van der Waals surface area contributed by atoms with Crippen molar-refractivity contribution in [1.29, 1.82) is 0 Å². The molecule has 0 fully saturated rings. The van der Waals surface area contributed by atoms with E-state index in [0.717, 1.165) is 11.4 Å². The fourth-order valence-corrected chi connectivity index (χ4v) is 2.66. The Morgan fingerprint density at radius 1 is 1.07 bits per heavy atom. The zero-order chi connectivity index (χ0) is 19.5. The Hall–Kier alpha value is -3.53. The van der Waals surface area contributed by atoms with Gasteiger partial charge in [-0.15, -0.1) is 15.3 Å². The van der Waals surface area contributed by atoms with Crippen LogP contribution in [0, 0.1) is 6.92 Å². The highest BCUT2D eigenvalue weighted by molar-refractivity contribution is 5.56. The number of ether oxygens (including phenoxy) is 3. The van der Waals surface area contributed by atoms with Gasteiger partial charge in [-0.2, -0.15) is 4.52 Å². The van der Waals surface area contributed by atoms with E-state index in [-0.39, 0.29) is 12.5 Å². The first-order valence-electron chi connectivity index (χ1n) is 8.48. The van der Waals surface area contributed by atoms with E-state index in [0.29, 0.717) is 35.3 Å². The lowest BCUT2D eigenvalue weighted by molar-refractivity contribution is 0.180. The number of hydrogen-bond donors (Lipinski definition) is 0. The van der Waals surface area contributed by atoms with Crippen molar-refractivity contribution in [2.24, 2.45) is 0 Å². The molecule has 4 heterocycles. The topological polar surface area (TPSA) is 110 Å². The SMILES string of the molecule is COCc1cccc(COc2nn3c(-c4cc(C)on4)nnc3cc2OC)n1. The maximum absolute atomic E-state index is 5.86. The number of hydrogen-bond acceptors (Lipinski definition) is 9. The van der Waals surface area contributed by atoms with E-state index >= 15 is 0 Å². The summed E-state index contributed by atoms with van der Waals surface area (Å²) >= 11 is 0. The molecule has 0 spiro atoms. The van der Waals surface area contributed by atoms with E-state index in [9.17, 15) is 0 Å². The fraction of sp³-hybridized carbons (Fsp3) is 0.278.